The van der Waals surface area contributed by atoms with Gasteiger partial charge in [0.25, 0.3) is 0 Å². The third kappa shape index (κ3) is 3.30. The minimum Gasteiger partial charge on any atom is -0.507 e. The van der Waals surface area contributed by atoms with E-state index in [1.165, 1.54) is 6.07 Å². The third-order valence-electron chi connectivity index (χ3n) is 6.43. The highest BCUT2D eigenvalue weighted by molar-refractivity contribution is 5.73. The Kier molecular flexibility index (Phi) is 4.44. The summed E-state index contributed by atoms with van der Waals surface area (Å²) in [5, 5.41) is 22.4. The van der Waals surface area contributed by atoms with E-state index in [1.54, 1.807) is 7.11 Å². The van der Waals surface area contributed by atoms with E-state index in [-0.39, 0.29) is 23.3 Å². The summed E-state index contributed by atoms with van der Waals surface area (Å²) in [6, 6.07) is 3.09. The number of methoxy groups -OCH3 is 1. The zero-order valence-corrected chi connectivity index (χ0v) is 16.4. The normalized spacial score (nSPS) is 24.3. The van der Waals surface area contributed by atoms with Gasteiger partial charge in [-0.2, -0.15) is 13.2 Å². The molecule has 2 aromatic rings. The Balaban J connectivity index is 1.55. The standard InChI is InChI=1S/C21H22F3N3O3/c1-29-17-5-4-15(17)25-19-14-10-30-20(6-7-20)9-13(14)18(26-27-19)12-3-2-11(8-16(12)28)21(22,23)24/h2-3,8,15,17,28H,4-7,9-10H2,1H3,(H,25,27)/t15-,17-/m1/s1. The van der Waals surface area contributed by atoms with Crippen LogP contribution in [-0.4, -0.2) is 40.2 Å². The Morgan fingerprint density at radius 2 is 2.00 bits per heavy atom. The van der Waals surface area contributed by atoms with Crippen molar-refractivity contribution in [3.05, 3.63) is 34.9 Å². The largest absolute Gasteiger partial charge is 0.507 e. The number of phenolic OH excluding ortho intramolecular Hbond substituents is 1. The minimum absolute atomic E-state index is 0.111. The summed E-state index contributed by atoms with van der Waals surface area (Å²) in [6.07, 6.45) is -0.0146. The third-order valence-corrected chi connectivity index (χ3v) is 6.43. The van der Waals surface area contributed by atoms with E-state index >= 15 is 0 Å². The number of hydrogen-bond acceptors (Lipinski definition) is 6. The molecule has 2 N–H and O–H groups in total. The molecule has 1 aliphatic heterocycles. The number of benzene rings is 1. The summed E-state index contributed by atoms with van der Waals surface area (Å²) < 4.78 is 50.5. The molecule has 2 aliphatic carbocycles. The number of aromatic nitrogens is 2. The van der Waals surface area contributed by atoms with Crippen LogP contribution in [0.2, 0.25) is 0 Å². The summed E-state index contributed by atoms with van der Waals surface area (Å²) in [4.78, 5) is 0. The molecule has 2 atom stereocenters. The van der Waals surface area contributed by atoms with Crippen molar-refractivity contribution in [1.82, 2.24) is 10.2 Å². The van der Waals surface area contributed by atoms with E-state index in [9.17, 15) is 18.3 Å². The van der Waals surface area contributed by atoms with Gasteiger partial charge in [0.1, 0.15) is 11.4 Å². The van der Waals surface area contributed by atoms with Crippen LogP contribution in [0.5, 0.6) is 5.75 Å². The molecule has 0 saturated heterocycles. The Morgan fingerprint density at radius 3 is 2.60 bits per heavy atom. The first-order chi connectivity index (χ1) is 14.3. The van der Waals surface area contributed by atoms with Gasteiger partial charge >= 0.3 is 6.18 Å². The van der Waals surface area contributed by atoms with Crippen LogP contribution in [0.3, 0.4) is 0 Å². The van der Waals surface area contributed by atoms with Gasteiger partial charge in [-0.05, 0) is 49.4 Å². The second-order valence-corrected chi connectivity index (χ2v) is 8.33. The maximum Gasteiger partial charge on any atom is 0.416 e. The van der Waals surface area contributed by atoms with Crippen LogP contribution in [-0.2, 0) is 28.7 Å². The van der Waals surface area contributed by atoms with E-state index in [0.29, 0.717) is 24.5 Å². The highest BCUT2D eigenvalue weighted by Gasteiger charge is 2.48. The van der Waals surface area contributed by atoms with Crippen LogP contribution in [0, 0.1) is 0 Å². The first-order valence-electron chi connectivity index (χ1n) is 10.0. The van der Waals surface area contributed by atoms with E-state index < -0.39 is 17.5 Å². The molecule has 0 radical (unpaired) electrons. The number of phenols is 1. The van der Waals surface area contributed by atoms with Crippen molar-refractivity contribution >= 4 is 5.82 Å². The molecular formula is C21H22F3N3O3. The fraction of sp³-hybridized carbons (Fsp3) is 0.524. The van der Waals surface area contributed by atoms with Gasteiger partial charge in [0.2, 0.25) is 0 Å². The monoisotopic (exact) mass is 421 g/mol. The van der Waals surface area contributed by atoms with Crippen molar-refractivity contribution in [2.45, 2.75) is 62.6 Å². The second kappa shape index (κ2) is 6.81. The molecule has 0 amide bonds. The molecule has 1 aromatic carbocycles. The first-order valence-corrected chi connectivity index (χ1v) is 10.0. The van der Waals surface area contributed by atoms with Crippen LogP contribution < -0.4 is 5.32 Å². The smallest absolute Gasteiger partial charge is 0.416 e. The highest BCUT2D eigenvalue weighted by atomic mass is 19.4. The second-order valence-electron chi connectivity index (χ2n) is 8.33. The van der Waals surface area contributed by atoms with E-state index in [1.807, 2.05) is 0 Å². The number of ether oxygens (including phenoxy) is 2. The Hall–Kier alpha value is -2.39. The van der Waals surface area contributed by atoms with Gasteiger partial charge in [-0.25, -0.2) is 0 Å². The number of aromatic hydroxyl groups is 1. The van der Waals surface area contributed by atoms with E-state index in [4.69, 9.17) is 9.47 Å². The summed E-state index contributed by atoms with van der Waals surface area (Å²) in [5.74, 6) is 0.152. The van der Waals surface area contributed by atoms with Gasteiger partial charge in [-0.1, -0.05) is 0 Å². The SMILES string of the molecule is CO[C@@H]1CC[C@H]1Nc1nnc(-c2ccc(C(F)(F)F)cc2O)c2c1COC1(CC1)C2. The van der Waals surface area contributed by atoms with Crippen LogP contribution in [0.25, 0.3) is 11.3 Å². The average molecular weight is 421 g/mol. The topological polar surface area (TPSA) is 76.5 Å². The average Bonchev–Trinajstić information content (AvgIpc) is 3.43. The lowest BCUT2D eigenvalue weighted by Gasteiger charge is -2.37. The molecule has 2 heterocycles. The predicted octanol–water partition coefficient (Wildman–Crippen LogP) is 4.06. The molecular weight excluding hydrogens is 399 g/mol. The molecule has 3 aliphatic rings. The van der Waals surface area contributed by atoms with Gasteiger partial charge < -0.3 is 19.9 Å². The number of rotatable bonds is 4. The van der Waals surface area contributed by atoms with Crippen molar-refractivity contribution in [1.29, 1.82) is 0 Å². The summed E-state index contributed by atoms with van der Waals surface area (Å²) in [5.41, 5.74) is 1.25. The van der Waals surface area contributed by atoms with Crippen LogP contribution in [0.1, 0.15) is 42.4 Å². The molecule has 0 bridgehead atoms. The van der Waals surface area contributed by atoms with E-state index in [0.717, 1.165) is 48.9 Å². The summed E-state index contributed by atoms with van der Waals surface area (Å²) >= 11 is 0. The van der Waals surface area contributed by atoms with Crippen molar-refractivity contribution < 1.29 is 27.8 Å². The van der Waals surface area contributed by atoms with Crippen LogP contribution >= 0.6 is 0 Å². The molecule has 1 spiro atoms. The number of alkyl halides is 3. The molecule has 2 fully saturated rings. The number of hydrogen-bond donors (Lipinski definition) is 2. The van der Waals surface area contributed by atoms with Crippen molar-refractivity contribution in [2.24, 2.45) is 0 Å². The lowest BCUT2D eigenvalue weighted by molar-refractivity contribution is -0.137. The number of anilines is 1. The maximum atomic E-state index is 13.0. The Labute approximate surface area is 171 Å². The van der Waals surface area contributed by atoms with Gasteiger partial charge in [-0.3, -0.25) is 0 Å². The fourth-order valence-electron chi connectivity index (χ4n) is 4.24. The molecule has 9 heteroatoms. The molecule has 6 nitrogen and oxygen atoms in total. The van der Waals surface area contributed by atoms with Crippen molar-refractivity contribution in [3.8, 4) is 17.0 Å². The molecule has 0 unspecified atom stereocenters. The van der Waals surface area contributed by atoms with Crippen LogP contribution in [0.15, 0.2) is 18.2 Å². The van der Waals surface area contributed by atoms with Gasteiger partial charge in [0.05, 0.1) is 29.9 Å². The maximum absolute atomic E-state index is 13.0. The predicted molar refractivity (Wildman–Crippen MR) is 102 cm³/mol. The van der Waals surface area contributed by atoms with Gasteiger partial charge in [0, 0.05) is 24.7 Å². The fourth-order valence-corrected chi connectivity index (χ4v) is 4.24. The van der Waals surface area contributed by atoms with Gasteiger partial charge in [-0.15, -0.1) is 10.2 Å². The molecule has 160 valence electrons. The van der Waals surface area contributed by atoms with Crippen molar-refractivity contribution in [3.63, 3.8) is 0 Å². The lowest BCUT2D eigenvalue weighted by atomic mass is 9.88. The minimum atomic E-state index is -4.53. The van der Waals surface area contributed by atoms with Gasteiger partial charge in [0.15, 0.2) is 5.82 Å². The molecule has 2 saturated carbocycles. The lowest BCUT2D eigenvalue weighted by Crippen LogP contribution is -2.44. The first kappa shape index (κ1) is 19.6. The molecule has 30 heavy (non-hydrogen) atoms. The number of nitrogens with zero attached hydrogens (tertiary/aromatic N) is 2. The Morgan fingerprint density at radius 1 is 1.20 bits per heavy atom. The Bertz CT molecular complexity index is 989. The number of fused-ring (bicyclic) bond motifs is 1. The van der Waals surface area contributed by atoms with Crippen LogP contribution in [0.4, 0.5) is 19.0 Å². The van der Waals surface area contributed by atoms with E-state index in [2.05, 4.69) is 15.5 Å². The molecule has 5 rings (SSSR count). The highest BCUT2D eigenvalue weighted by Crippen LogP contribution is 2.50. The number of halogens is 3. The number of nitrogens with one attached hydrogen (secondary N) is 1. The zero-order valence-electron chi connectivity index (χ0n) is 16.4. The summed E-state index contributed by atoms with van der Waals surface area (Å²) in [7, 11) is 1.68. The van der Waals surface area contributed by atoms with Crippen molar-refractivity contribution in [2.75, 3.05) is 12.4 Å². The zero-order chi connectivity index (χ0) is 21.1. The quantitative estimate of drug-likeness (QED) is 0.775. The molecule has 1 aromatic heterocycles. The summed E-state index contributed by atoms with van der Waals surface area (Å²) in [6.45, 7) is 0.353.